The molecule has 0 aromatic heterocycles. The molecule has 0 rings (SSSR count). The first-order valence-corrected chi connectivity index (χ1v) is 2.53. The molecule has 0 heterocycles. The molecule has 0 bridgehead atoms. The van der Waals surface area contributed by atoms with Gasteiger partial charge in [0.2, 0.25) is 0 Å². The van der Waals surface area contributed by atoms with Gasteiger partial charge in [-0.15, -0.1) is 12.4 Å². The molecule has 4 heavy (non-hydrogen) atoms. The summed E-state index contributed by atoms with van der Waals surface area (Å²) in [6, 6.07) is 0. The van der Waals surface area contributed by atoms with Crippen LogP contribution in [0.3, 0.4) is 0 Å². The Bertz CT molecular complexity index is 8.00. The Labute approximate surface area is 35.4 Å². The van der Waals surface area contributed by atoms with E-state index in [2.05, 4.69) is 0 Å². The van der Waals surface area contributed by atoms with E-state index in [1.54, 1.807) is 0 Å². The molecule has 0 spiro atoms. The monoisotopic (exact) mass is 97.0 g/mol. The van der Waals surface area contributed by atoms with Gasteiger partial charge in [-0.05, 0) is 6.17 Å². The first kappa shape index (κ1) is 8.82. The summed E-state index contributed by atoms with van der Waals surface area (Å²) in [6.07, 6.45) is 0.889. The van der Waals surface area contributed by atoms with E-state index < -0.39 is 0 Å². The molecule has 1 nitrogen and oxygen atoms in total. The molecule has 0 aromatic rings. The number of hydrogen-bond donors (Lipinski definition) is 1. The predicted molar refractivity (Wildman–Crippen MR) is 26.2 cm³/mol. The molecular weight excluding hydrogens is 89.6 g/mol. The molecule has 0 saturated carbocycles. The number of nitrogens with two attached hydrogens (primary N) is 1. The van der Waals surface area contributed by atoms with Crippen molar-refractivity contribution in [2.75, 3.05) is 6.17 Å². The normalized spacial score (nSPS) is 5.25. The Morgan fingerprint density at radius 3 is 1.75 bits per heavy atom. The van der Waals surface area contributed by atoms with Crippen molar-refractivity contribution >= 4 is 22.6 Å². The largest absolute Gasteiger partial charge is 0.334 e. The van der Waals surface area contributed by atoms with E-state index in [1.165, 1.54) is 0 Å². The second-order valence-electron chi connectivity index (χ2n) is 0.408. The quantitative estimate of drug-likeness (QED) is 0.374. The van der Waals surface area contributed by atoms with Crippen LogP contribution < -0.4 is 5.73 Å². The third kappa shape index (κ3) is 24.4. The van der Waals surface area contributed by atoms with Gasteiger partial charge in [0.05, 0.1) is 0 Å². The van der Waals surface area contributed by atoms with Crippen molar-refractivity contribution in [2.24, 2.45) is 5.73 Å². The van der Waals surface area contributed by atoms with Crippen molar-refractivity contribution in [1.29, 1.82) is 0 Å². The fourth-order valence-electron chi connectivity index (χ4n) is 0. The topological polar surface area (TPSA) is 26.0 Å². The van der Waals surface area contributed by atoms with Crippen molar-refractivity contribution in [2.45, 2.75) is 0 Å². The fourth-order valence-corrected chi connectivity index (χ4v) is 0. The van der Waals surface area contributed by atoms with Crippen molar-refractivity contribution in [3.8, 4) is 0 Å². The zero-order valence-corrected chi connectivity index (χ0v) is 5.51. The summed E-state index contributed by atoms with van der Waals surface area (Å²) in [5, 5.41) is 0. The number of halogens is 1. The molecule has 2 N–H and O–H groups in total. The van der Waals surface area contributed by atoms with Crippen molar-refractivity contribution < 1.29 is 0 Å². The van der Waals surface area contributed by atoms with Crippen LogP contribution in [0.4, 0.5) is 0 Å². The Kier molecular flexibility index (Phi) is 21.6. The molecule has 0 amide bonds. The van der Waals surface area contributed by atoms with Crippen LogP contribution in [0.2, 0.25) is 0 Å². The van der Waals surface area contributed by atoms with Crippen LogP contribution >= 0.6 is 12.4 Å². The zero-order valence-electron chi connectivity index (χ0n) is 2.69. The van der Waals surface area contributed by atoms with E-state index in [9.17, 15) is 0 Å². The highest BCUT2D eigenvalue weighted by molar-refractivity contribution is 6.08. The number of hydrogen-bond acceptors (Lipinski definition) is 1. The SMILES string of the molecule is Cl.NC[SiH3]. The average Bonchev–Trinajstić information content (AvgIpc) is 0.918. The second kappa shape index (κ2) is 9.80. The average molecular weight is 97.6 g/mol. The first-order chi connectivity index (χ1) is 1.41. The van der Waals surface area contributed by atoms with Gasteiger partial charge in [0.15, 0.2) is 0 Å². The van der Waals surface area contributed by atoms with Crippen LogP contribution in [0.25, 0.3) is 0 Å². The summed E-state index contributed by atoms with van der Waals surface area (Å²) in [5.74, 6) is 0. The maximum atomic E-state index is 4.91. The molecule has 0 aliphatic heterocycles. The standard InChI is InChI=1S/CH7NSi.ClH/c2-1-3;/h1-2H2,3H3;1H. The van der Waals surface area contributed by atoms with Crippen molar-refractivity contribution in [3.63, 3.8) is 0 Å². The van der Waals surface area contributed by atoms with E-state index in [-0.39, 0.29) is 12.4 Å². The maximum Gasteiger partial charge on any atom is 0.0198 e. The fraction of sp³-hybridized carbons (Fsp3) is 1.00. The summed E-state index contributed by atoms with van der Waals surface area (Å²) in [4.78, 5) is 0. The van der Waals surface area contributed by atoms with E-state index in [4.69, 9.17) is 5.73 Å². The van der Waals surface area contributed by atoms with Gasteiger partial charge in [-0.25, -0.2) is 0 Å². The minimum absolute atomic E-state index is 0. The summed E-state index contributed by atoms with van der Waals surface area (Å²) in [6.45, 7) is 0. The summed E-state index contributed by atoms with van der Waals surface area (Å²) >= 11 is 0. The van der Waals surface area contributed by atoms with E-state index in [0.29, 0.717) is 0 Å². The molecule has 0 aliphatic carbocycles. The van der Waals surface area contributed by atoms with Crippen LogP contribution in [0.5, 0.6) is 0 Å². The minimum atomic E-state index is 0. The molecule has 28 valence electrons. The molecule has 0 fully saturated rings. The smallest absolute Gasteiger partial charge is 0.0198 e. The zero-order chi connectivity index (χ0) is 2.71. The highest BCUT2D eigenvalue weighted by atomic mass is 35.5. The Balaban J connectivity index is 0. The molecule has 0 aromatic carbocycles. The molecule has 0 aliphatic rings. The van der Waals surface area contributed by atoms with Gasteiger partial charge in [-0.3, -0.25) is 0 Å². The minimum Gasteiger partial charge on any atom is -0.334 e. The lowest BCUT2D eigenvalue weighted by Gasteiger charge is -1.52. The van der Waals surface area contributed by atoms with Crippen molar-refractivity contribution in [3.05, 3.63) is 0 Å². The molecule has 0 radical (unpaired) electrons. The second-order valence-corrected chi connectivity index (χ2v) is 1.22. The lowest BCUT2D eigenvalue weighted by atomic mass is 11.5. The van der Waals surface area contributed by atoms with Crippen molar-refractivity contribution in [1.82, 2.24) is 0 Å². The maximum absolute atomic E-state index is 4.91. The highest BCUT2D eigenvalue weighted by Crippen LogP contribution is 1.01. The van der Waals surface area contributed by atoms with Crippen LogP contribution in [0.15, 0.2) is 0 Å². The first-order valence-electron chi connectivity index (χ1n) is 1.12. The Morgan fingerprint density at radius 2 is 1.75 bits per heavy atom. The van der Waals surface area contributed by atoms with Gasteiger partial charge in [-0.1, -0.05) is 0 Å². The van der Waals surface area contributed by atoms with Gasteiger partial charge < -0.3 is 5.73 Å². The van der Waals surface area contributed by atoms with Crippen LogP contribution in [-0.2, 0) is 0 Å². The van der Waals surface area contributed by atoms with Crippen LogP contribution in [0, 0.1) is 0 Å². The molecular formula is CH8ClNSi. The summed E-state index contributed by atoms with van der Waals surface area (Å²) < 4.78 is 0. The van der Waals surface area contributed by atoms with Gasteiger partial charge in [-0.2, -0.15) is 0 Å². The van der Waals surface area contributed by atoms with E-state index >= 15 is 0 Å². The van der Waals surface area contributed by atoms with Crippen LogP contribution in [-0.4, -0.2) is 16.4 Å². The predicted octanol–water partition coefficient (Wildman–Crippen LogP) is -1.31. The van der Waals surface area contributed by atoms with Gasteiger partial charge >= 0.3 is 0 Å². The Hall–Kier alpha value is 0.467. The van der Waals surface area contributed by atoms with E-state index in [0.717, 1.165) is 16.4 Å². The van der Waals surface area contributed by atoms with Gasteiger partial charge in [0.25, 0.3) is 0 Å². The lowest BCUT2D eigenvalue weighted by Crippen LogP contribution is -1.94. The molecule has 3 heteroatoms. The molecule has 0 atom stereocenters. The van der Waals surface area contributed by atoms with Crippen LogP contribution in [0.1, 0.15) is 0 Å². The highest BCUT2D eigenvalue weighted by Gasteiger charge is 1.34. The summed E-state index contributed by atoms with van der Waals surface area (Å²) in [5.41, 5.74) is 4.91. The van der Waals surface area contributed by atoms with Gasteiger partial charge in [0.1, 0.15) is 0 Å². The Morgan fingerprint density at radius 1 is 1.75 bits per heavy atom. The molecule has 0 saturated heterocycles. The third-order valence-electron chi connectivity index (χ3n) is 0. The number of rotatable bonds is 0. The summed E-state index contributed by atoms with van der Waals surface area (Å²) in [7, 11) is 1.15. The molecule has 0 unspecified atom stereocenters. The van der Waals surface area contributed by atoms with E-state index in [1.807, 2.05) is 0 Å². The lowest BCUT2D eigenvalue weighted by molar-refractivity contribution is 1.38. The third-order valence-corrected chi connectivity index (χ3v) is 0. The van der Waals surface area contributed by atoms with Gasteiger partial charge in [0, 0.05) is 10.2 Å².